The second-order valence-corrected chi connectivity index (χ2v) is 7.09. The molecule has 0 unspecified atom stereocenters. The minimum atomic E-state index is -0.471. The molecule has 1 heterocycles. The maximum Gasteiger partial charge on any atom is 0.410 e. The van der Waals surface area contributed by atoms with E-state index in [0.717, 1.165) is 17.5 Å². The summed E-state index contributed by atoms with van der Waals surface area (Å²) in [7, 11) is 0. The van der Waals surface area contributed by atoms with Gasteiger partial charge in [-0.2, -0.15) is 0 Å². The van der Waals surface area contributed by atoms with Crippen LogP contribution < -0.4 is 5.73 Å². The van der Waals surface area contributed by atoms with Crippen molar-refractivity contribution in [2.45, 2.75) is 32.8 Å². The van der Waals surface area contributed by atoms with Gasteiger partial charge < -0.3 is 15.4 Å². The lowest BCUT2D eigenvalue weighted by Crippen LogP contribution is -2.39. The first kappa shape index (κ1) is 19.5. The van der Waals surface area contributed by atoms with Gasteiger partial charge >= 0.3 is 6.09 Å². The topological polar surface area (TPSA) is 67.9 Å². The Morgan fingerprint density at radius 2 is 2.00 bits per heavy atom. The smallest absolute Gasteiger partial charge is 0.410 e. The van der Waals surface area contributed by atoms with Crippen molar-refractivity contribution in [3.05, 3.63) is 60.3 Å². The van der Waals surface area contributed by atoms with Gasteiger partial charge in [0.15, 0.2) is 0 Å². The Kier molecular flexibility index (Phi) is 6.39. The number of hydrogen-bond acceptors (Lipinski definition) is 4. The molecular formula is C21H27N3O2. The van der Waals surface area contributed by atoms with Gasteiger partial charge in [0.1, 0.15) is 5.60 Å². The standard InChI is InChI=1S/C21H27N3O2/c1-16(23-13-5-12-22)17-6-8-18(9-7-17)19-10-14-24(15-11-19)20(25)26-21(2,3)4/h5-10,12-13H,1,11,14-15,22H2,2-4H3/b12-5-,23-13-. The van der Waals surface area contributed by atoms with Gasteiger partial charge in [-0.3, -0.25) is 4.99 Å². The van der Waals surface area contributed by atoms with Gasteiger partial charge in [-0.1, -0.05) is 36.9 Å². The minimum absolute atomic E-state index is 0.260. The molecule has 0 bridgehead atoms. The largest absolute Gasteiger partial charge is 0.444 e. The van der Waals surface area contributed by atoms with Crippen molar-refractivity contribution in [3.8, 4) is 0 Å². The van der Waals surface area contributed by atoms with Crippen LogP contribution in [0.3, 0.4) is 0 Å². The number of benzene rings is 1. The molecule has 1 aromatic rings. The molecule has 0 atom stereocenters. The van der Waals surface area contributed by atoms with Crippen LogP contribution in [0, 0.1) is 0 Å². The van der Waals surface area contributed by atoms with E-state index in [4.69, 9.17) is 10.5 Å². The fraction of sp³-hybridized carbons (Fsp3) is 0.333. The number of carbonyl (C=O) groups is 1. The molecule has 2 rings (SSSR count). The van der Waals surface area contributed by atoms with E-state index < -0.39 is 5.60 Å². The third-order valence-electron chi connectivity index (χ3n) is 3.88. The Bertz CT molecular complexity index is 738. The summed E-state index contributed by atoms with van der Waals surface area (Å²) >= 11 is 0. The Morgan fingerprint density at radius 3 is 2.54 bits per heavy atom. The van der Waals surface area contributed by atoms with Crippen LogP contribution in [0.25, 0.3) is 11.3 Å². The van der Waals surface area contributed by atoms with Crippen LogP contribution in [0.15, 0.2) is 54.2 Å². The van der Waals surface area contributed by atoms with Crippen molar-refractivity contribution in [2.75, 3.05) is 13.1 Å². The molecule has 1 aromatic carbocycles. The molecule has 138 valence electrons. The Labute approximate surface area is 155 Å². The molecule has 1 amide bonds. The minimum Gasteiger partial charge on any atom is -0.444 e. The molecule has 5 nitrogen and oxygen atoms in total. The van der Waals surface area contributed by atoms with E-state index in [0.29, 0.717) is 18.8 Å². The highest BCUT2D eigenvalue weighted by Crippen LogP contribution is 2.25. The lowest BCUT2D eigenvalue weighted by Gasteiger charge is -2.29. The first-order valence-corrected chi connectivity index (χ1v) is 8.68. The molecule has 0 aliphatic carbocycles. The lowest BCUT2D eigenvalue weighted by atomic mass is 9.98. The molecule has 0 aromatic heterocycles. The van der Waals surface area contributed by atoms with Gasteiger partial charge in [-0.25, -0.2) is 4.79 Å². The Morgan fingerprint density at radius 1 is 1.31 bits per heavy atom. The second kappa shape index (κ2) is 8.52. The maximum absolute atomic E-state index is 12.1. The molecule has 0 saturated heterocycles. The maximum atomic E-state index is 12.1. The van der Waals surface area contributed by atoms with E-state index >= 15 is 0 Å². The molecule has 0 saturated carbocycles. The summed E-state index contributed by atoms with van der Waals surface area (Å²) in [4.78, 5) is 18.1. The molecule has 0 fully saturated rings. The first-order chi connectivity index (χ1) is 12.3. The van der Waals surface area contributed by atoms with E-state index in [2.05, 4.69) is 29.8 Å². The van der Waals surface area contributed by atoms with Crippen LogP contribution in [0.5, 0.6) is 0 Å². The predicted octanol–water partition coefficient (Wildman–Crippen LogP) is 4.22. The number of rotatable bonds is 4. The van der Waals surface area contributed by atoms with Crippen LogP contribution >= 0.6 is 0 Å². The fourth-order valence-electron chi connectivity index (χ4n) is 2.56. The highest BCUT2D eigenvalue weighted by molar-refractivity contribution is 5.80. The lowest BCUT2D eigenvalue weighted by molar-refractivity contribution is 0.0270. The fourth-order valence-corrected chi connectivity index (χ4v) is 2.56. The number of amides is 1. The Balaban J connectivity index is 2.00. The van der Waals surface area contributed by atoms with Crippen LogP contribution in [-0.4, -0.2) is 35.9 Å². The van der Waals surface area contributed by atoms with E-state index in [9.17, 15) is 4.79 Å². The van der Waals surface area contributed by atoms with Crippen LogP contribution in [0.2, 0.25) is 0 Å². The van der Waals surface area contributed by atoms with Crippen molar-refractivity contribution in [1.82, 2.24) is 4.90 Å². The van der Waals surface area contributed by atoms with Crippen molar-refractivity contribution in [1.29, 1.82) is 0 Å². The molecule has 1 aliphatic rings. The average molecular weight is 353 g/mol. The number of hydrogen-bond donors (Lipinski definition) is 1. The summed E-state index contributed by atoms with van der Waals surface area (Å²) in [5, 5.41) is 0. The van der Waals surface area contributed by atoms with Crippen molar-refractivity contribution in [2.24, 2.45) is 10.7 Å². The zero-order valence-electron chi connectivity index (χ0n) is 15.7. The molecule has 5 heteroatoms. The molecule has 2 N–H and O–H groups in total. The molecule has 0 radical (unpaired) electrons. The van der Waals surface area contributed by atoms with E-state index in [1.54, 1.807) is 17.2 Å². The Hall–Kier alpha value is -2.82. The van der Waals surface area contributed by atoms with Crippen molar-refractivity contribution in [3.63, 3.8) is 0 Å². The first-order valence-electron chi connectivity index (χ1n) is 8.68. The van der Waals surface area contributed by atoms with Crippen molar-refractivity contribution >= 4 is 23.6 Å². The highest BCUT2D eigenvalue weighted by Gasteiger charge is 2.23. The summed E-state index contributed by atoms with van der Waals surface area (Å²) in [6, 6.07) is 8.12. The summed E-state index contributed by atoms with van der Waals surface area (Å²) in [6.07, 6.45) is 7.33. The average Bonchev–Trinajstić information content (AvgIpc) is 2.61. The summed E-state index contributed by atoms with van der Waals surface area (Å²) in [5.41, 5.74) is 8.83. The molecular weight excluding hydrogens is 326 g/mol. The zero-order valence-corrected chi connectivity index (χ0v) is 15.7. The number of nitrogens with zero attached hydrogens (tertiary/aromatic N) is 2. The van der Waals surface area contributed by atoms with Gasteiger partial charge in [0.25, 0.3) is 0 Å². The van der Waals surface area contributed by atoms with Crippen LogP contribution in [-0.2, 0) is 4.74 Å². The normalized spacial score (nSPS) is 15.3. The van der Waals surface area contributed by atoms with Crippen LogP contribution in [0.1, 0.15) is 38.3 Å². The summed E-state index contributed by atoms with van der Waals surface area (Å²) in [5.74, 6) is 0. The molecule has 0 spiro atoms. The highest BCUT2D eigenvalue weighted by atomic mass is 16.6. The number of carbonyl (C=O) groups excluding carboxylic acids is 1. The van der Waals surface area contributed by atoms with Crippen LogP contribution in [0.4, 0.5) is 4.79 Å². The number of aliphatic imine (C=N–C) groups is 1. The quantitative estimate of drug-likeness (QED) is 0.824. The third kappa shape index (κ3) is 5.62. The summed E-state index contributed by atoms with van der Waals surface area (Å²) < 4.78 is 5.42. The van der Waals surface area contributed by atoms with Crippen molar-refractivity contribution < 1.29 is 9.53 Å². The number of ether oxygens (including phenoxy) is 1. The summed E-state index contributed by atoms with van der Waals surface area (Å²) in [6.45, 7) is 10.8. The van der Waals surface area contributed by atoms with Gasteiger partial charge in [-0.15, -0.1) is 0 Å². The van der Waals surface area contributed by atoms with Gasteiger partial charge in [0.2, 0.25) is 0 Å². The van der Waals surface area contributed by atoms with Gasteiger partial charge in [0.05, 0.1) is 5.70 Å². The van der Waals surface area contributed by atoms with E-state index in [1.807, 2.05) is 32.9 Å². The number of nitrogens with two attached hydrogens (primary N) is 1. The van der Waals surface area contributed by atoms with Gasteiger partial charge in [0, 0.05) is 19.3 Å². The van der Waals surface area contributed by atoms with Gasteiger partial charge in [-0.05, 0) is 56.2 Å². The molecule has 26 heavy (non-hydrogen) atoms. The molecule has 1 aliphatic heterocycles. The second-order valence-electron chi connectivity index (χ2n) is 7.09. The van der Waals surface area contributed by atoms with E-state index in [-0.39, 0.29) is 6.09 Å². The van der Waals surface area contributed by atoms with E-state index in [1.165, 1.54) is 11.8 Å². The number of allylic oxidation sites excluding steroid dienone is 1. The third-order valence-corrected chi connectivity index (χ3v) is 3.88. The SMILES string of the molecule is C=C(/N=C\C=C/N)c1ccc(C2=CCN(C(=O)OC(C)(C)C)CC2)cc1. The monoisotopic (exact) mass is 353 g/mol. The zero-order chi connectivity index (χ0) is 19.2. The predicted molar refractivity (Wildman–Crippen MR) is 108 cm³/mol.